The van der Waals surface area contributed by atoms with Crippen molar-refractivity contribution in [1.82, 2.24) is 9.66 Å². The lowest BCUT2D eigenvalue weighted by Crippen LogP contribution is -2.20. The first-order valence-electron chi connectivity index (χ1n) is 11.8. The van der Waals surface area contributed by atoms with Crippen LogP contribution in [0.1, 0.15) is 22.3 Å². The van der Waals surface area contributed by atoms with E-state index in [0.717, 1.165) is 27.9 Å². The van der Waals surface area contributed by atoms with Gasteiger partial charge in [0.25, 0.3) is 5.56 Å². The number of fused-ring (bicyclic) bond motifs is 1. The highest BCUT2D eigenvalue weighted by molar-refractivity contribution is 5.82. The van der Waals surface area contributed by atoms with Gasteiger partial charge in [-0.25, -0.2) is 4.98 Å². The number of aromatic nitrogens is 2. The highest BCUT2D eigenvalue weighted by atomic mass is 19.4. The fourth-order valence-corrected chi connectivity index (χ4v) is 4.00. The molecule has 1 aromatic heterocycles. The summed E-state index contributed by atoms with van der Waals surface area (Å²) in [6.45, 7) is 2.44. The smallest absolute Gasteiger partial charge is 0.416 e. The third-order valence-electron chi connectivity index (χ3n) is 5.89. The fourth-order valence-electron chi connectivity index (χ4n) is 4.00. The van der Waals surface area contributed by atoms with Gasteiger partial charge in [-0.2, -0.15) is 22.9 Å². The van der Waals surface area contributed by atoms with Crippen LogP contribution in [0.5, 0.6) is 5.75 Å². The van der Waals surface area contributed by atoms with E-state index >= 15 is 0 Å². The summed E-state index contributed by atoms with van der Waals surface area (Å²) in [4.78, 5) is 17.8. The van der Waals surface area contributed by atoms with Crippen LogP contribution in [0.2, 0.25) is 0 Å². The maximum atomic E-state index is 13.4. The Morgan fingerprint density at radius 2 is 1.68 bits per heavy atom. The second-order valence-corrected chi connectivity index (χ2v) is 8.74. The van der Waals surface area contributed by atoms with Crippen LogP contribution >= 0.6 is 0 Å². The third-order valence-corrected chi connectivity index (χ3v) is 5.89. The van der Waals surface area contributed by atoms with Crippen LogP contribution in [0.15, 0.2) is 107 Å². The molecule has 38 heavy (non-hydrogen) atoms. The number of aryl methyl sites for hydroxylation is 1. The van der Waals surface area contributed by atoms with Crippen LogP contribution in [-0.2, 0) is 12.8 Å². The molecule has 0 fully saturated rings. The van der Waals surface area contributed by atoms with Gasteiger partial charge in [0.15, 0.2) is 5.82 Å². The van der Waals surface area contributed by atoms with E-state index in [2.05, 4.69) is 16.2 Å². The van der Waals surface area contributed by atoms with Gasteiger partial charge in [0.05, 0.1) is 22.7 Å². The Balaban J connectivity index is 1.47. The second-order valence-electron chi connectivity index (χ2n) is 8.74. The van der Waals surface area contributed by atoms with Gasteiger partial charge in [0, 0.05) is 5.56 Å². The Bertz CT molecular complexity index is 1690. The van der Waals surface area contributed by atoms with Crippen molar-refractivity contribution in [1.29, 1.82) is 0 Å². The second kappa shape index (κ2) is 10.3. The molecule has 0 N–H and O–H groups in total. The van der Waals surface area contributed by atoms with Crippen LogP contribution in [0.25, 0.3) is 22.3 Å². The molecule has 0 bridgehead atoms. The summed E-state index contributed by atoms with van der Waals surface area (Å²) < 4.78 is 46.9. The van der Waals surface area contributed by atoms with Crippen molar-refractivity contribution in [2.24, 2.45) is 5.10 Å². The Labute approximate surface area is 216 Å². The molecule has 0 saturated heterocycles. The Morgan fingerprint density at radius 1 is 0.921 bits per heavy atom. The predicted octanol–water partition coefficient (Wildman–Crippen LogP) is 6.85. The number of halogens is 3. The monoisotopic (exact) mass is 513 g/mol. The van der Waals surface area contributed by atoms with Crippen LogP contribution in [-0.4, -0.2) is 15.9 Å². The molecule has 8 heteroatoms. The summed E-state index contributed by atoms with van der Waals surface area (Å²) in [6, 6.07) is 26.5. The van der Waals surface area contributed by atoms with E-state index in [0.29, 0.717) is 28.8 Å². The largest absolute Gasteiger partial charge is 0.489 e. The lowest BCUT2D eigenvalue weighted by atomic mass is 10.1. The molecule has 0 aliphatic carbocycles. The fraction of sp³-hybridized carbons (Fsp3) is 0.100. The van der Waals surface area contributed by atoms with E-state index in [1.807, 2.05) is 25.1 Å². The lowest BCUT2D eigenvalue weighted by Gasteiger charge is -2.12. The number of hydrogen-bond acceptors (Lipinski definition) is 4. The average molecular weight is 514 g/mol. The van der Waals surface area contributed by atoms with Crippen molar-refractivity contribution in [3.8, 4) is 17.1 Å². The molecular weight excluding hydrogens is 491 g/mol. The zero-order valence-electron chi connectivity index (χ0n) is 20.3. The summed E-state index contributed by atoms with van der Waals surface area (Å²) in [7, 11) is 0. The Kier molecular flexibility index (Phi) is 6.79. The van der Waals surface area contributed by atoms with Crippen LogP contribution in [0.3, 0.4) is 0 Å². The quantitative estimate of drug-likeness (QED) is 0.233. The summed E-state index contributed by atoms with van der Waals surface area (Å²) in [6.07, 6.45) is -3.08. The van der Waals surface area contributed by atoms with E-state index < -0.39 is 17.3 Å². The molecule has 5 aromatic rings. The molecule has 1 heterocycles. The SMILES string of the molecule is Cc1cccc(COc2ccc(C=Nn3c(-c4cccc(C(F)(F)F)c4)nc4ccccc4c3=O)cc2)c1. The minimum atomic E-state index is -4.54. The van der Waals surface area contributed by atoms with E-state index in [1.54, 1.807) is 48.5 Å². The number of para-hydroxylation sites is 1. The third kappa shape index (κ3) is 5.49. The van der Waals surface area contributed by atoms with Crippen molar-refractivity contribution in [3.63, 3.8) is 0 Å². The van der Waals surface area contributed by atoms with Gasteiger partial charge >= 0.3 is 6.18 Å². The molecule has 0 aliphatic rings. The summed E-state index contributed by atoms with van der Waals surface area (Å²) in [5, 5.41) is 4.63. The predicted molar refractivity (Wildman–Crippen MR) is 141 cm³/mol. The zero-order valence-corrected chi connectivity index (χ0v) is 20.3. The number of rotatable bonds is 6. The standard InChI is InChI=1S/C30H22F3N3O2/c1-20-6-4-7-22(16-20)19-38-25-14-12-21(13-15-25)18-34-36-28(23-8-5-9-24(17-23)30(31,32)33)35-27-11-3-2-10-26(27)29(36)37/h2-18H,19H2,1H3. The molecule has 5 rings (SSSR count). The maximum Gasteiger partial charge on any atom is 0.416 e. The van der Waals surface area contributed by atoms with Crippen molar-refractivity contribution < 1.29 is 17.9 Å². The first-order valence-corrected chi connectivity index (χ1v) is 11.8. The Hall–Kier alpha value is -4.72. The van der Waals surface area contributed by atoms with Gasteiger partial charge in [0.2, 0.25) is 0 Å². The van der Waals surface area contributed by atoms with Gasteiger partial charge in [0.1, 0.15) is 12.4 Å². The summed E-state index contributed by atoms with van der Waals surface area (Å²) in [5.74, 6) is 0.673. The first-order chi connectivity index (χ1) is 18.3. The number of hydrogen-bond donors (Lipinski definition) is 0. The highest BCUT2D eigenvalue weighted by Gasteiger charge is 2.31. The average Bonchev–Trinajstić information content (AvgIpc) is 2.91. The first kappa shape index (κ1) is 25.0. The van der Waals surface area contributed by atoms with Gasteiger partial charge in [-0.3, -0.25) is 4.79 Å². The molecule has 0 saturated carbocycles. The normalized spacial score (nSPS) is 11.8. The van der Waals surface area contributed by atoms with Gasteiger partial charge < -0.3 is 4.74 Å². The zero-order chi connectivity index (χ0) is 26.7. The molecule has 0 atom stereocenters. The van der Waals surface area contributed by atoms with Gasteiger partial charge in [-0.1, -0.05) is 54.1 Å². The topological polar surface area (TPSA) is 56.5 Å². The summed E-state index contributed by atoms with van der Waals surface area (Å²) in [5.41, 5.74) is 2.04. The molecule has 0 radical (unpaired) electrons. The molecule has 0 amide bonds. The highest BCUT2D eigenvalue weighted by Crippen LogP contribution is 2.32. The van der Waals surface area contributed by atoms with Crippen molar-refractivity contribution in [2.75, 3.05) is 0 Å². The molecule has 190 valence electrons. The molecule has 4 aromatic carbocycles. The maximum absolute atomic E-state index is 13.4. The minimum absolute atomic E-state index is 0.00848. The van der Waals surface area contributed by atoms with Gasteiger partial charge in [-0.05, 0) is 66.6 Å². The van der Waals surface area contributed by atoms with Crippen molar-refractivity contribution >= 4 is 17.1 Å². The van der Waals surface area contributed by atoms with Gasteiger partial charge in [-0.15, -0.1) is 0 Å². The minimum Gasteiger partial charge on any atom is -0.489 e. The Morgan fingerprint density at radius 3 is 2.45 bits per heavy atom. The molecule has 0 unspecified atom stereocenters. The summed E-state index contributed by atoms with van der Waals surface area (Å²) >= 11 is 0. The number of alkyl halides is 3. The van der Waals surface area contributed by atoms with E-state index in [1.165, 1.54) is 18.3 Å². The lowest BCUT2D eigenvalue weighted by molar-refractivity contribution is -0.137. The van der Waals surface area contributed by atoms with Crippen LogP contribution in [0.4, 0.5) is 13.2 Å². The van der Waals surface area contributed by atoms with Crippen molar-refractivity contribution in [3.05, 3.63) is 130 Å². The van der Waals surface area contributed by atoms with E-state index in [-0.39, 0.29) is 11.4 Å². The molecule has 0 aliphatic heterocycles. The van der Waals surface area contributed by atoms with Crippen LogP contribution < -0.4 is 10.3 Å². The van der Waals surface area contributed by atoms with Crippen molar-refractivity contribution in [2.45, 2.75) is 19.7 Å². The molecule has 0 spiro atoms. The molecule has 5 nitrogen and oxygen atoms in total. The number of nitrogens with zero attached hydrogens (tertiary/aromatic N) is 3. The van der Waals surface area contributed by atoms with Crippen LogP contribution in [0, 0.1) is 6.92 Å². The van der Waals surface area contributed by atoms with E-state index in [9.17, 15) is 18.0 Å². The number of benzene rings is 4. The molecular formula is C30H22F3N3O2. The number of ether oxygens (including phenoxy) is 1. The van der Waals surface area contributed by atoms with E-state index in [4.69, 9.17) is 4.74 Å².